The summed E-state index contributed by atoms with van der Waals surface area (Å²) in [6.07, 6.45) is 0. The quantitative estimate of drug-likeness (QED) is 0.822. The van der Waals surface area contributed by atoms with Crippen LogP contribution in [0.2, 0.25) is 0 Å². The van der Waals surface area contributed by atoms with Crippen LogP contribution in [-0.2, 0) is 0 Å². The van der Waals surface area contributed by atoms with Crippen molar-refractivity contribution < 1.29 is 9.84 Å². The van der Waals surface area contributed by atoms with E-state index in [1.54, 1.807) is 12.1 Å². The molecule has 0 bridgehead atoms. The fraction of sp³-hybridized carbons (Fsp3) is 0.400. The zero-order valence-corrected chi connectivity index (χ0v) is 9.55. The second kappa shape index (κ2) is 3.58. The first-order valence-corrected chi connectivity index (χ1v) is 4.85. The van der Waals surface area contributed by atoms with E-state index in [9.17, 15) is 5.11 Å². The van der Waals surface area contributed by atoms with Gasteiger partial charge in [-0.1, -0.05) is 15.9 Å². The SMILES string of the molecule is CC(C)(C)Oc1ccc(Br)cc1O. The maximum Gasteiger partial charge on any atom is 0.161 e. The molecule has 1 aromatic carbocycles. The molecule has 0 aliphatic heterocycles. The lowest BCUT2D eigenvalue weighted by atomic mass is 10.2. The minimum atomic E-state index is -0.286. The van der Waals surface area contributed by atoms with Crippen molar-refractivity contribution in [2.45, 2.75) is 26.4 Å². The molecule has 13 heavy (non-hydrogen) atoms. The lowest BCUT2D eigenvalue weighted by Gasteiger charge is -2.21. The molecule has 0 amide bonds. The van der Waals surface area contributed by atoms with Crippen LogP contribution < -0.4 is 4.74 Å². The van der Waals surface area contributed by atoms with Crippen LogP contribution in [0.25, 0.3) is 0 Å². The summed E-state index contributed by atoms with van der Waals surface area (Å²) in [7, 11) is 0. The normalized spacial score (nSPS) is 11.4. The van der Waals surface area contributed by atoms with Gasteiger partial charge in [0.15, 0.2) is 11.5 Å². The van der Waals surface area contributed by atoms with E-state index in [2.05, 4.69) is 15.9 Å². The van der Waals surface area contributed by atoms with Gasteiger partial charge in [0.05, 0.1) is 0 Å². The number of rotatable bonds is 1. The number of benzene rings is 1. The van der Waals surface area contributed by atoms with E-state index in [4.69, 9.17) is 4.74 Å². The van der Waals surface area contributed by atoms with Gasteiger partial charge in [-0.3, -0.25) is 0 Å². The number of aromatic hydroxyl groups is 1. The van der Waals surface area contributed by atoms with Crippen LogP contribution in [0, 0.1) is 0 Å². The van der Waals surface area contributed by atoms with Gasteiger partial charge in [0.25, 0.3) is 0 Å². The van der Waals surface area contributed by atoms with E-state index < -0.39 is 0 Å². The summed E-state index contributed by atoms with van der Waals surface area (Å²) in [5.41, 5.74) is -0.286. The Kier molecular flexibility index (Phi) is 2.86. The van der Waals surface area contributed by atoms with Crippen LogP contribution >= 0.6 is 15.9 Å². The molecule has 0 aliphatic carbocycles. The average molecular weight is 245 g/mol. The highest BCUT2D eigenvalue weighted by Gasteiger charge is 2.14. The van der Waals surface area contributed by atoms with E-state index >= 15 is 0 Å². The fourth-order valence-corrected chi connectivity index (χ4v) is 1.26. The second-order valence-corrected chi connectivity index (χ2v) is 4.74. The molecule has 1 aromatic rings. The highest BCUT2D eigenvalue weighted by atomic mass is 79.9. The topological polar surface area (TPSA) is 29.5 Å². The van der Waals surface area contributed by atoms with Crippen molar-refractivity contribution in [3.05, 3.63) is 22.7 Å². The van der Waals surface area contributed by atoms with E-state index in [0.717, 1.165) is 4.47 Å². The van der Waals surface area contributed by atoms with Crippen LogP contribution in [0.15, 0.2) is 22.7 Å². The number of phenols is 1. The van der Waals surface area contributed by atoms with Crippen molar-refractivity contribution in [2.24, 2.45) is 0 Å². The summed E-state index contributed by atoms with van der Waals surface area (Å²) < 4.78 is 6.36. The molecule has 0 aliphatic rings. The third-order valence-corrected chi connectivity index (χ3v) is 1.83. The first kappa shape index (κ1) is 10.4. The van der Waals surface area contributed by atoms with E-state index in [1.807, 2.05) is 26.8 Å². The Morgan fingerprint density at radius 2 is 1.92 bits per heavy atom. The Labute approximate surface area is 86.7 Å². The molecular formula is C10H13BrO2. The largest absolute Gasteiger partial charge is 0.504 e. The minimum Gasteiger partial charge on any atom is -0.504 e. The fourth-order valence-electron chi connectivity index (χ4n) is 0.907. The Morgan fingerprint density at radius 3 is 2.38 bits per heavy atom. The zero-order chi connectivity index (χ0) is 10.1. The highest BCUT2D eigenvalue weighted by Crippen LogP contribution is 2.31. The van der Waals surface area contributed by atoms with Gasteiger partial charge in [-0.05, 0) is 39.0 Å². The molecule has 3 heteroatoms. The van der Waals surface area contributed by atoms with Crippen LogP contribution in [0.5, 0.6) is 11.5 Å². The van der Waals surface area contributed by atoms with Crippen molar-refractivity contribution >= 4 is 15.9 Å². The number of halogens is 1. The Morgan fingerprint density at radius 1 is 1.31 bits per heavy atom. The van der Waals surface area contributed by atoms with Gasteiger partial charge < -0.3 is 9.84 Å². The molecule has 0 fully saturated rings. The Bertz CT molecular complexity index is 302. The van der Waals surface area contributed by atoms with Gasteiger partial charge in [-0.15, -0.1) is 0 Å². The molecule has 0 atom stereocenters. The molecule has 0 aromatic heterocycles. The first-order chi connectivity index (χ1) is 5.88. The lowest BCUT2D eigenvalue weighted by Crippen LogP contribution is -2.22. The highest BCUT2D eigenvalue weighted by molar-refractivity contribution is 9.10. The predicted octanol–water partition coefficient (Wildman–Crippen LogP) is 3.33. The standard InChI is InChI=1S/C10H13BrO2/c1-10(2,3)13-9-5-4-7(11)6-8(9)12/h4-6,12H,1-3H3. The van der Waals surface area contributed by atoms with Gasteiger partial charge >= 0.3 is 0 Å². The van der Waals surface area contributed by atoms with Crippen LogP contribution in [0.1, 0.15) is 20.8 Å². The monoisotopic (exact) mass is 244 g/mol. The Hall–Kier alpha value is -0.700. The van der Waals surface area contributed by atoms with Crippen LogP contribution in [0.3, 0.4) is 0 Å². The van der Waals surface area contributed by atoms with Gasteiger partial charge in [0.1, 0.15) is 5.60 Å². The molecule has 0 saturated heterocycles. The molecule has 0 spiro atoms. The smallest absolute Gasteiger partial charge is 0.161 e. The van der Waals surface area contributed by atoms with Crippen LogP contribution in [-0.4, -0.2) is 10.7 Å². The molecule has 0 saturated carbocycles. The van der Waals surface area contributed by atoms with Crippen molar-refractivity contribution in [2.75, 3.05) is 0 Å². The maximum absolute atomic E-state index is 9.50. The van der Waals surface area contributed by atoms with Crippen molar-refractivity contribution in [3.63, 3.8) is 0 Å². The average Bonchev–Trinajstić information content (AvgIpc) is 1.93. The number of ether oxygens (including phenoxy) is 1. The van der Waals surface area contributed by atoms with Gasteiger partial charge in [-0.25, -0.2) is 0 Å². The number of hydrogen-bond donors (Lipinski definition) is 1. The second-order valence-electron chi connectivity index (χ2n) is 3.83. The maximum atomic E-state index is 9.50. The van der Waals surface area contributed by atoms with Gasteiger partial charge in [0.2, 0.25) is 0 Å². The molecule has 72 valence electrons. The van der Waals surface area contributed by atoms with Crippen molar-refractivity contribution in [3.8, 4) is 11.5 Å². The zero-order valence-electron chi connectivity index (χ0n) is 7.97. The number of phenolic OH excluding ortho intramolecular Hbond substituents is 1. The summed E-state index contributed by atoms with van der Waals surface area (Å²) in [6.45, 7) is 5.82. The molecule has 2 nitrogen and oxygen atoms in total. The van der Waals surface area contributed by atoms with E-state index in [-0.39, 0.29) is 11.4 Å². The molecule has 0 radical (unpaired) electrons. The molecule has 0 heterocycles. The molecule has 0 unspecified atom stereocenters. The molecular weight excluding hydrogens is 232 g/mol. The lowest BCUT2D eigenvalue weighted by molar-refractivity contribution is 0.126. The summed E-state index contributed by atoms with van der Waals surface area (Å²) in [5, 5.41) is 9.50. The van der Waals surface area contributed by atoms with E-state index in [1.165, 1.54) is 0 Å². The Balaban J connectivity index is 2.90. The van der Waals surface area contributed by atoms with Gasteiger partial charge in [-0.2, -0.15) is 0 Å². The summed E-state index contributed by atoms with van der Waals surface area (Å²) >= 11 is 3.26. The van der Waals surface area contributed by atoms with Crippen molar-refractivity contribution in [1.29, 1.82) is 0 Å². The minimum absolute atomic E-state index is 0.157. The van der Waals surface area contributed by atoms with Crippen molar-refractivity contribution in [1.82, 2.24) is 0 Å². The van der Waals surface area contributed by atoms with Gasteiger partial charge in [0, 0.05) is 4.47 Å². The first-order valence-electron chi connectivity index (χ1n) is 4.06. The van der Waals surface area contributed by atoms with E-state index in [0.29, 0.717) is 5.75 Å². The molecule has 1 N–H and O–H groups in total. The predicted molar refractivity (Wildman–Crippen MR) is 56.2 cm³/mol. The summed E-state index contributed by atoms with van der Waals surface area (Å²) in [5.74, 6) is 0.667. The third-order valence-electron chi connectivity index (χ3n) is 1.34. The number of hydrogen-bond acceptors (Lipinski definition) is 2. The summed E-state index contributed by atoms with van der Waals surface area (Å²) in [4.78, 5) is 0. The summed E-state index contributed by atoms with van der Waals surface area (Å²) in [6, 6.07) is 5.19. The molecule has 1 rings (SSSR count). The third kappa shape index (κ3) is 3.27. The van der Waals surface area contributed by atoms with Crippen LogP contribution in [0.4, 0.5) is 0 Å².